The first kappa shape index (κ1) is 35.2. The predicted octanol–water partition coefficient (Wildman–Crippen LogP) is 10.9. The van der Waals surface area contributed by atoms with Crippen LogP contribution in [-0.2, 0) is 0 Å². The first-order chi connectivity index (χ1) is 30.6. The Hall–Kier alpha value is -7.58. The van der Waals surface area contributed by atoms with Crippen molar-refractivity contribution in [3.05, 3.63) is 201 Å². The Balaban J connectivity index is 1.23. The van der Waals surface area contributed by atoms with Gasteiger partial charge in [0.2, 0.25) is 0 Å². The molecule has 8 heteroatoms. The molecule has 0 unspecified atom stereocenters. The molecule has 0 saturated heterocycles. The van der Waals surface area contributed by atoms with Gasteiger partial charge in [-0.3, -0.25) is 0 Å². The van der Waals surface area contributed by atoms with Gasteiger partial charge >= 0.3 is 0 Å². The van der Waals surface area contributed by atoms with Crippen molar-refractivity contribution in [2.45, 2.75) is 23.7 Å². The lowest BCUT2D eigenvalue weighted by atomic mass is 9.64. The molecule has 9 aromatic rings. The number of ether oxygens (including phenoxy) is 4. The van der Waals surface area contributed by atoms with E-state index in [1.54, 1.807) is 28.4 Å². The molecule has 7 aromatic carbocycles. The topological polar surface area (TPSA) is 88.5 Å². The van der Waals surface area contributed by atoms with Gasteiger partial charge in [-0.2, -0.15) is 0 Å². The fraction of sp³-hybridized carbons (Fsp3) is 0.148. The zero-order chi connectivity index (χ0) is 41.4. The number of aromatic nitrogens is 4. The van der Waals surface area contributed by atoms with Crippen LogP contribution < -0.4 is 18.9 Å². The van der Waals surface area contributed by atoms with Crippen LogP contribution in [0.1, 0.15) is 91.0 Å². The van der Waals surface area contributed by atoms with E-state index in [-0.39, 0.29) is 23.7 Å². The molecule has 0 radical (unpaired) electrons. The van der Waals surface area contributed by atoms with Crippen LogP contribution in [0.5, 0.6) is 23.0 Å². The maximum atomic E-state index is 5.93. The van der Waals surface area contributed by atoms with E-state index in [9.17, 15) is 0 Å². The highest BCUT2D eigenvalue weighted by Gasteiger charge is 2.46. The van der Waals surface area contributed by atoms with Crippen molar-refractivity contribution in [1.29, 1.82) is 0 Å². The number of nitrogens with zero attached hydrogens (tertiary/aromatic N) is 4. The second-order valence-corrected chi connectivity index (χ2v) is 16.6. The molecule has 0 fully saturated rings. The van der Waals surface area contributed by atoms with Gasteiger partial charge < -0.3 is 18.9 Å². The Morgan fingerprint density at radius 3 is 0.710 bits per heavy atom. The summed E-state index contributed by atoms with van der Waals surface area (Å²) in [5.74, 6) is 2.24. The molecule has 298 valence electrons. The van der Waals surface area contributed by atoms with Gasteiger partial charge in [0.25, 0.3) is 0 Å². The Morgan fingerprint density at radius 1 is 0.306 bits per heavy atom. The quantitative estimate of drug-likeness (QED) is 0.154. The minimum absolute atomic E-state index is 0.0959. The zero-order valence-electron chi connectivity index (χ0n) is 34.4. The smallest absolute Gasteiger partial charge is 0.123 e. The summed E-state index contributed by atoms with van der Waals surface area (Å²) in [7, 11) is 6.71. The van der Waals surface area contributed by atoms with Crippen LogP contribution >= 0.6 is 0 Å². The van der Waals surface area contributed by atoms with Gasteiger partial charge in [-0.05, 0) is 79.9 Å². The first-order valence-electron chi connectivity index (χ1n) is 21.0. The van der Waals surface area contributed by atoms with Crippen LogP contribution in [-0.4, -0.2) is 48.4 Å². The van der Waals surface area contributed by atoms with Crippen molar-refractivity contribution in [2.24, 2.45) is 0 Å². The van der Waals surface area contributed by atoms with E-state index < -0.39 is 0 Å². The van der Waals surface area contributed by atoms with E-state index in [4.69, 9.17) is 38.9 Å². The van der Waals surface area contributed by atoms with E-state index in [0.717, 1.165) is 67.1 Å². The number of hydrogen-bond acceptors (Lipinski definition) is 8. The van der Waals surface area contributed by atoms with Crippen molar-refractivity contribution in [3.8, 4) is 45.3 Å². The van der Waals surface area contributed by atoms with Crippen molar-refractivity contribution < 1.29 is 18.9 Å². The number of rotatable bonds is 6. The van der Waals surface area contributed by atoms with Crippen LogP contribution in [0.25, 0.3) is 44.3 Å². The number of fused-ring (bicyclic) bond motifs is 2. The van der Waals surface area contributed by atoms with E-state index in [1.165, 1.54) is 44.5 Å². The molecule has 0 aliphatic heterocycles. The minimum atomic E-state index is -0.0959. The van der Waals surface area contributed by atoms with Crippen LogP contribution in [0.2, 0.25) is 0 Å². The summed E-state index contributed by atoms with van der Waals surface area (Å²) in [6, 6.07) is 47.0. The van der Waals surface area contributed by atoms with E-state index >= 15 is 0 Å². The third-order valence-electron chi connectivity index (χ3n) is 13.7. The third-order valence-corrected chi connectivity index (χ3v) is 13.7. The second-order valence-electron chi connectivity index (χ2n) is 16.6. The number of benzene rings is 7. The molecule has 15 rings (SSSR count). The predicted molar refractivity (Wildman–Crippen MR) is 239 cm³/mol. The standard InChI is InChI=1S/C54H38N4O4/c1-59-29-21-27(22-30(25-29)60-2)41-47-49(57-53-45-37-17-9-5-13-33(37)43(51(53)55-47)34-14-6-10-18-38(34)45)42(28-23-31(61-3)26-32(24-28)62-4)50-48(41)56-52-44-35-15-7-11-19-39(35)46(54(52)58-50)40-20-12-8-16-36(40)44/h5-26,43-46H,1-4H3. The Morgan fingerprint density at radius 2 is 0.516 bits per heavy atom. The number of hydrogen-bond donors (Lipinski definition) is 0. The summed E-state index contributed by atoms with van der Waals surface area (Å²) in [5, 5.41) is 0. The van der Waals surface area contributed by atoms with Crippen molar-refractivity contribution in [3.63, 3.8) is 0 Å². The lowest BCUT2D eigenvalue weighted by Crippen LogP contribution is -2.30. The van der Waals surface area contributed by atoms with Crippen molar-refractivity contribution >= 4 is 22.1 Å². The number of methoxy groups -OCH3 is 4. The largest absolute Gasteiger partial charge is 0.497 e. The molecule has 0 saturated carbocycles. The normalized spacial score (nSPS) is 18.0. The van der Waals surface area contributed by atoms with E-state index in [1.807, 2.05) is 36.4 Å². The zero-order valence-corrected chi connectivity index (χ0v) is 34.4. The lowest BCUT2D eigenvalue weighted by Gasteiger charge is -2.41. The average molecular weight is 807 g/mol. The second kappa shape index (κ2) is 13.0. The maximum Gasteiger partial charge on any atom is 0.123 e. The van der Waals surface area contributed by atoms with Gasteiger partial charge in [-0.1, -0.05) is 97.1 Å². The van der Waals surface area contributed by atoms with Gasteiger partial charge in [0, 0.05) is 23.3 Å². The van der Waals surface area contributed by atoms with Crippen LogP contribution in [0.4, 0.5) is 0 Å². The van der Waals surface area contributed by atoms with Crippen molar-refractivity contribution in [2.75, 3.05) is 28.4 Å². The molecule has 0 N–H and O–H groups in total. The Bertz CT molecular complexity index is 2890. The molecule has 6 aliphatic carbocycles. The molecule has 2 aromatic heterocycles. The summed E-state index contributed by atoms with van der Waals surface area (Å²) in [6.45, 7) is 0. The monoisotopic (exact) mass is 806 g/mol. The summed E-state index contributed by atoms with van der Waals surface area (Å²) in [6.07, 6.45) is 0. The van der Waals surface area contributed by atoms with Crippen LogP contribution in [0.15, 0.2) is 133 Å². The highest BCUT2D eigenvalue weighted by Crippen LogP contribution is 2.58. The van der Waals surface area contributed by atoms with Gasteiger partial charge in [0.1, 0.15) is 23.0 Å². The molecule has 62 heavy (non-hydrogen) atoms. The Kier molecular flexibility index (Phi) is 7.36. The fourth-order valence-electron chi connectivity index (χ4n) is 11.1. The lowest BCUT2D eigenvalue weighted by molar-refractivity contribution is 0.394. The highest BCUT2D eigenvalue weighted by atomic mass is 16.5. The summed E-state index contributed by atoms with van der Waals surface area (Å²) >= 11 is 0. The molecule has 0 atom stereocenters. The summed E-state index contributed by atoms with van der Waals surface area (Å²) in [5.41, 5.74) is 20.2. The average Bonchev–Trinajstić information content (AvgIpc) is 3.33. The molecule has 8 nitrogen and oxygen atoms in total. The first-order valence-corrected chi connectivity index (χ1v) is 21.0. The molecular weight excluding hydrogens is 769 g/mol. The SMILES string of the molecule is COc1cc(OC)cc(-c2c3nc4c(nc3c(-c3cc(OC)cc(OC)c3)c3nc5c(nc23)C2c3ccccc3C5c3ccccc32)C2c3ccccc3C4c3ccccc32)c1. The molecule has 0 spiro atoms. The van der Waals surface area contributed by atoms with Gasteiger partial charge in [-0.15, -0.1) is 0 Å². The summed E-state index contributed by atoms with van der Waals surface area (Å²) < 4.78 is 23.7. The molecule has 4 bridgehead atoms. The molecular formula is C54H38N4O4. The van der Waals surface area contributed by atoms with E-state index in [0.29, 0.717) is 23.0 Å². The molecule has 2 heterocycles. The van der Waals surface area contributed by atoms with Gasteiger partial charge in [-0.25, -0.2) is 19.9 Å². The fourth-order valence-corrected chi connectivity index (χ4v) is 11.1. The maximum absolute atomic E-state index is 5.93. The van der Waals surface area contributed by atoms with Gasteiger partial charge in [0.05, 0.1) is 97.0 Å². The molecule has 0 amide bonds. The van der Waals surface area contributed by atoms with Gasteiger partial charge in [0.15, 0.2) is 0 Å². The van der Waals surface area contributed by atoms with E-state index in [2.05, 4.69) is 97.1 Å². The van der Waals surface area contributed by atoms with Crippen LogP contribution in [0.3, 0.4) is 0 Å². The third kappa shape index (κ3) is 4.66. The highest BCUT2D eigenvalue weighted by molar-refractivity contribution is 6.17. The minimum Gasteiger partial charge on any atom is -0.497 e. The van der Waals surface area contributed by atoms with Crippen molar-refractivity contribution in [1.82, 2.24) is 19.9 Å². The van der Waals surface area contributed by atoms with Crippen LogP contribution in [0, 0.1) is 0 Å². The molecule has 6 aliphatic rings. The summed E-state index contributed by atoms with van der Waals surface area (Å²) in [4.78, 5) is 23.4. The Labute approximate surface area is 357 Å².